The molecule has 2 aromatic rings. The van der Waals surface area contributed by atoms with Gasteiger partial charge in [0, 0.05) is 11.6 Å². The van der Waals surface area contributed by atoms with Crippen LogP contribution in [0.25, 0.3) is 0 Å². The van der Waals surface area contributed by atoms with Gasteiger partial charge in [0.25, 0.3) is 5.91 Å². The first-order chi connectivity index (χ1) is 7.81. The first-order valence-corrected chi connectivity index (χ1v) is 5.75. The van der Waals surface area contributed by atoms with Gasteiger partial charge in [-0.25, -0.2) is 9.97 Å². The summed E-state index contributed by atoms with van der Waals surface area (Å²) in [5.74, 6) is -0.0467. The fourth-order valence-electron chi connectivity index (χ4n) is 1.29. The Balaban J connectivity index is 2.05. The Morgan fingerprint density at radius 3 is 3.06 bits per heavy atom. The fourth-order valence-corrected chi connectivity index (χ4v) is 2.06. The first kappa shape index (κ1) is 10.7. The molecule has 0 bridgehead atoms. The largest absolute Gasteiger partial charge is 0.340 e. The number of aromatic amines is 1. The number of hydrogen-bond acceptors (Lipinski definition) is 5. The number of carbonyl (C=O) groups excluding carboxylic acids is 1. The van der Waals surface area contributed by atoms with E-state index in [0.29, 0.717) is 0 Å². The normalized spacial score (nSPS) is 12.3. The van der Waals surface area contributed by atoms with Gasteiger partial charge in [-0.1, -0.05) is 6.92 Å². The highest BCUT2D eigenvalue weighted by Crippen LogP contribution is 2.18. The predicted octanol–water partition coefficient (Wildman–Crippen LogP) is 1.14. The van der Waals surface area contributed by atoms with E-state index >= 15 is 0 Å². The van der Waals surface area contributed by atoms with Crippen LogP contribution in [0.15, 0.2) is 17.9 Å². The van der Waals surface area contributed by atoms with Crippen molar-refractivity contribution in [1.82, 2.24) is 25.5 Å². The molecule has 16 heavy (non-hydrogen) atoms. The molecule has 0 spiro atoms. The molecule has 7 heteroatoms. The van der Waals surface area contributed by atoms with E-state index in [9.17, 15) is 4.79 Å². The lowest BCUT2D eigenvalue weighted by atomic mass is 10.2. The van der Waals surface area contributed by atoms with Crippen LogP contribution in [-0.2, 0) is 0 Å². The predicted molar refractivity (Wildman–Crippen MR) is 59.0 cm³/mol. The van der Waals surface area contributed by atoms with Crippen molar-refractivity contribution in [3.8, 4) is 0 Å². The summed E-state index contributed by atoms with van der Waals surface area (Å²) in [6.07, 6.45) is 3.82. The summed E-state index contributed by atoms with van der Waals surface area (Å²) >= 11 is 1.52. The summed E-state index contributed by atoms with van der Waals surface area (Å²) in [6, 6.07) is -0.0717. The first-order valence-electron chi connectivity index (χ1n) is 4.87. The van der Waals surface area contributed by atoms with Crippen LogP contribution >= 0.6 is 11.3 Å². The Morgan fingerprint density at radius 1 is 1.62 bits per heavy atom. The molecule has 84 valence electrons. The van der Waals surface area contributed by atoms with Crippen LogP contribution in [0, 0.1) is 0 Å². The van der Waals surface area contributed by atoms with Gasteiger partial charge >= 0.3 is 0 Å². The second-order valence-corrected chi connectivity index (χ2v) is 4.06. The average Bonchev–Trinajstić information content (AvgIpc) is 2.96. The van der Waals surface area contributed by atoms with Gasteiger partial charge in [-0.3, -0.25) is 9.89 Å². The van der Waals surface area contributed by atoms with Crippen molar-refractivity contribution in [1.29, 1.82) is 0 Å². The minimum Gasteiger partial charge on any atom is -0.340 e. The minimum absolute atomic E-state index is 0.0717. The van der Waals surface area contributed by atoms with Crippen molar-refractivity contribution in [3.05, 3.63) is 28.7 Å². The van der Waals surface area contributed by atoms with Crippen LogP contribution in [0.2, 0.25) is 0 Å². The number of nitrogens with one attached hydrogen (secondary N) is 2. The second-order valence-electron chi connectivity index (χ2n) is 3.14. The van der Waals surface area contributed by atoms with Crippen LogP contribution in [0.4, 0.5) is 0 Å². The third-order valence-corrected chi connectivity index (χ3v) is 2.98. The minimum atomic E-state index is -0.264. The Hall–Kier alpha value is -1.76. The Labute approximate surface area is 96.1 Å². The lowest BCUT2D eigenvalue weighted by molar-refractivity contribution is 0.0925. The number of H-pyrrole nitrogens is 1. The van der Waals surface area contributed by atoms with Crippen LogP contribution < -0.4 is 5.32 Å². The second kappa shape index (κ2) is 4.84. The van der Waals surface area contributed by atoms with Gasteiger partial charge in [0.1, 0.15) is 11.3 Å². The van der Waals surface area contributed by atoms with Crippen molar-refractivity contribution in [3.63, 3.8) is 0 Å². The number of nitrogens with zero attached hydrogens (tertiary/aromatic N) is 3. The van der Waals surface area contributed by atoms with Crippen LogP contribution in [0.5, 0.6) is 0 Å². The highest BCUT2D eigenvalue weighted by molar-refractivity contribution is 7.09. The lowest BCUT2D eigenvalue weighted by Gasteiger charge is -2.12. The summed E-state index contributed by atoms with van der Waals surface area (Å²) in [7, 11) is 0. The van der Waals surface area contributed by atoms with E-state index in [1.54, 1.807) is 6.20 Å². The number of thiazole rings is 1. The molecule has 0 saturated heterocycles. The summed E-state index contributed by atoms with van der Waals surface area (Å²) in [6.45, 7) is 1.99. The smallest absolute Gasteiger partial charge is 0.289 e. The molecular formula is C9H11N5OS. The van der Waals surface area contributed by atoms with Crippen molar-refractivity contribution < 1.29 is 4.79 Å². The molecule has 2 rings (SSSR count). The molecule has 1 atom stereocenters. The number of amides is 1. The number of aromatic nitrogens is 4. The molecule has 0 aromatic carbocycles. The standard InChI is InChI=1S/C9H11N5OS/c1-2-6(9-10-3-4-16-9)13-8(15)7-11-5-12-14-7/h3-6H,2H2,1H3,(H,13,15)(H,11,12,14). The molecule has 0 fully saturated rings. The Bertz CT molecular complexity index is 438. The van der Waals surface area contributed by atoms with Crippen LogP contribution in [0.3, 0.4) is 0 Å². The highest BCUT2D eigenvalue weighted by atomic mass is 32.1. The summed E-state index contributed by atoms with van der Waals surface area (Å²) in [5, 5.41) is 11.8. The topological polar surface area (TPSA) is 83.6 Å². The van der Waals surface area contributed by atoms with Crippen LogP contribution in [0.1, 0.15) is 35.0 Å². The van der Waals surface area contributed by atoms with Crippen molar-refractivity contribution in [2.45, 2.75) is 19.4 Å². The van der Waals surface area contributed by atoms with Gasteiger partial charge in [-0.2, -0.15) is 5.10 Å². The van der Waals surface area contributed by atoms with Gasteiger partial charge in [0.05, 0.1) is 6.04 Å². The summed E-state index contributed by atoms with van der Waals surface area (Å²) in [5.41, 5.74) is 0. The zero-order chi connectivity index (χ0) is 11.4. The molecular weight excluding hydrogens is 226 g/mol. The van der Waals surface area contributed by atoms with E-state index in [2.05, 4.69) is 25.5 Å². The molecule has 0 aliphatic carbocycles. The molecule has 2 heterocycles. The molecule has 0 radical (unpaired) electrons. The monoisotopic (exact) mass is 237 g/mol. The quantitative estimate of drug-likeness (QED) is 0.835. The molecule has 2 N–H and O–H groups in total. The van der Waals surface area contributed by atoms with Gasteiger partial charge in [-0.15, -0.1) is 11.3 Å². The maximum Gasteiger partial charge on any atom is 0.289 e. The third kappa shape index (κ3) is 2.25. The Kier molecular flexibility index (Phi) is 3.25. The average molecular weight is 237 g/mol. The molecule has 0 saturated carbocycles. The van der Waals surface area contributed by atoms with Gasteiger partial charge in [-0.05, 0) is 6.42 Å². The number of hydrogen-bond donors (Lipinski definition) is 2. The molecule has 0 aliphatic heterocycles. The number of rotatable bonds is 4. The summed E-state index contributed by atoms with van der Waals surface area (Å²) < 4.78 is 0. The number of carbonyl (C=O) groups is 1. The zero-order valence-corrected chi connectivity index (χ0v) is 9.49. The van der Waals surface area contributed by atoms with Crippen molar-refractivity contribution >= 4 is 17.2 Å². The van der Waals surface area contributed by atoms with E-state index < -0.39 is 0 Å². The molecule has 6 nitrogen and oxygen atoms in total. The molecule has 1 amide bonds. The van der Waals surface area contributed by atoms with Gasteiger partial charge in [0.15, 0.2) is 0 Å². The van der Waals surface area contributed by atoms with Crippen molar-refractivity contribution in [2.24, 2.45) is 0 Å². The lowest BCUT2D eigenvalue weighted by Crippen LogP contribution is -2.28. The van der Waals surface area contributed by atoms with Gasteiger partial charge in [0.2, 0.25) is 5.82 Å². The van der Waals surface area contributed by atoms with E-state index in [1.165, 1.54) is 17.7 Å². The molecule has 2 aromatic heterocycles. The van der Waals surface area contributed by atoms with E-state index in [1.807, 2.05) is 12.3 Å². The zero-order valence-electron chi connectivity index (χ0n) is 8.67. The Morgan fingerprint density at radius 2 is 2.50 bits per heavy atom. The molecule has 1 unspecified atom stereocenters. The van der Waals surface area contributed by atoms with E-state index in [-0.39, 0.29) is 17.8 Å². The fraction of sp³-hybridized carbons (Fsp3) is 0.333. The van der Waals surface area contributed by atoms with E-state index in [4.69, 9.17) is 0 Å². The van der Waals surface area contributed by atoms with Crippen molar-refractivity contribution in [2.75, 3.05) is 0 Å². The maximum atomic E-state index is 11.7. The third-order valence-electron chi connectivity index (χ3n) is 2.09. The maximum absolute atomic E-state index is 11.7. The SMILES string of the molecule is CCC(NC(=O)c1ncn[nH]1)c1nccs1. The highest BCUT2D eigenvalue weighted by Gasteiger charge is 2.17. The molecule has 0 aliphatic rings. The van der Waals surface area contributed by atoms with Crippen LogP contribution in [-0.4, -0.2) is 26.1 Å². The van der Waals surface area contributed by atoms with Gasteiger partial charge < -0.3 is 5.32 Å². The summed E-state index contributed by atoms with van der Waals surface area (Å²) in [4.78, 5) is 19.7. The van der Waals surface area contributed by atoms with E-state index in [0.717, 1.165) is 11.4 Å².